The first kappa shape index (κ1) is 15.9. The Bertz CT molecular complexity index is 814. The van der Waals surface area contributed by atoms with Crippen molar-refractivity contribution in [2.75, 3.05) is 6.54 Å². The number of amides is 1. The maximum atomic E-state index is 13.0. The molecule has 6 nitrogen and oxygen atoms in total. The van der Waals surface area contributed by atoms with Crippen LogP contribution in [0.2, 0.25) is 0 Å². The SMILES string of the molecule is Cc1nc(-c2ccccc2)oc1C(=O)N1C[C@@H]2CCC[C@@H]2[C@@H]1C(=O)O. The van der Waals surface area contributed by atoms with Crippen LogP contribution in [0.25, 0.3) is 11.5 Å². The van der Waals surface area contributed by atoms with Gasteiger partial charge in [-0.2, -0.15) is 0 Å². The first-order chi connectivity index (χ1) is 12.1. The topological polar surface area (TPSA) is 83.6 Å². The van der Waals surface area contributed by atoms with Crippen LogP contribution in [-0.2, 0) is 4.79 Å². The molecule has 1 aliphatic carbocycles. The van der Waals surface area contributed by atoms with Gasteiger partial charge in [-0.1, -0.05) is 24.6 Å². The molecule has 130 valence electrons. The number of aryl methyl sites for hydroxylation is 1. The average Bonchev–Trinajstić information content (AvgIpc) is 3.28. The fourth-order valence-corrected chi connectivity index (χ4v) is 4.26. The quantitative estimate of drug-likeness (QED) is 0.928. The lowest BCUT2D eigenvalue weighted by Crippen LogP contribution is -2.43. The Labute approximate surface area is 145 Å². The van der Waals surface area contributed by atoms with Gasteiger partial charge in [0.05, 0.1) is 5.69 Å². The van der Waals surface area contributed by atoms with Gasteiger partial charge in [0.1, 0.15) is 6.04 Å². The number of hydrogen-bond acceptors (Lipinski definition) is 4. The number of carboxylic acid groups (broad SMARTS) is 1. The largest absolute Gasteiger partial charge is 0.480 e. The Morgan fingerprint density at radius 1 is 1.24 bits per heavy atom. The van der Waals surface area contributed by atoms with Crippen LogP contribution in [-0.4, -0.2) is 39.5 Å². The zero-order valence-electron chi connectivity index (χ0n) is 14.0. The minimum atomic E-state index is -0.928. The Kier molecular flexibility index (Phi) is 3.82. The molecule has 0 bridgehead atoms. The van der Waals surface area contributed by atoms with Crippen molar-refractivity contribution in [2.24, 2.45) is 11.8 Å². The van der Waals surface area contributed by atoms with E-state index in [1.54, 1.807) is 6.92 Å². The van der Waals surface area contributed by atoms with Gasteiger partial charge in [-0.15, -0.1) is 0 Å². The lowest BCUT2D eigenvalue weighted by atomic mass is 9.94. The van der Waals surface area contributed by atoms with Gasteiger partial charge in [0, 0.05) is 12.1 Å². The molecule has 0 radical (unpaired) electrons. The van der Waals surface area contributed by atoms with Crippen molar-refractivity contribution in [2.45, 2.75) is 32.2 Å². The molecule has 1 amide bonds. The van der Waals surface area contributed by atoms with Crippen molar-refractivity contribution in [1.29, 1.82) is 0 Å². The van der Waals surface area contributed by atoms with E-state index in [0.29, 0.717) is 18.1 Å². The van der Waals surface area contributed by atoms with Crippen LogP contribution in [0.3, 0.4) is 0 Å². The number of rotatable bonds is 3. The zero-order valence-corrected chi connectivity index (χ0v) is 14.0. The van der Waals surface area contributed by atoms with Crippen molar-refractivity contribution in [3.63, 3.8) is 0 Å². The van der Waals surface area contributed by atoms with Gasteiger partial charge < -0.3 is 14.4 Å². The number of aromatic nitrogens is 1. The molecule has 2 heterocycles. The number of carboxylic acids is 1. The molecule has 1 aliphatic heterocycles. The summed E-state index contributed by atoms with van der Waals surface area (Å²) in [5, 5.41) is 9.64. The Morgan fingerprint density at radius 3 is 2.72 bits per heavy atom. The molecule has 0 spiro atoms. The highest BCUT2D eigenvalue weighted by Gasteiger charge is 2.50. The number of fused-ring (bicyclic) bond motifs is 1. The second-order valence-corrected chi connectivity index (χ2v) is 6.90. The average molecular weight is 340 g/mol. The van der Waals surface area contributed by atoms with E-state index in [4.69, 9.17) is 4.42 Å². The van der Waals surface area contributed by atoms with E-state index >= 15 is 0 Å². The van der Waals surface area contributed by atoms with Gasteiger partial charge in [0.2, 0.25) is 11.7 Å². The van der Waals surface area contributed by atoms with E-state index in [-0.39, 0.29) is 23.5 Å². The van der Waals surface area contributed by atoms with E-state index in [1.807, 2.05) is 30.3 Å². The van der Waals surface area contributed by atoms with Crippen molar-refractivity contribution in [1.82, 2.24) is 9.88 Å². The summed E-state index contributed by atoms with van der Waals surface area (Å²) in [4.78, 5) is 30.6. The second-order valence-electron chi connectivity index (χ2n) is 6.90. The molecular weight excluding hydrogens is 320 g/mol. The smallest absolute Gasteiger partial charge is 0.326 e. The van der Waals surface area contributed by atoms with Crippen LogP contribution in [0.5, 0.6) is 0 Å². The molecule has 1 saturated carbocycles. The molecular formula is C19H20N2O4. The Morgan fingerprint density at radius 2 is 2.00 bits per heavy atom. The number of likely N-dealkylation sites (tertiary alicyclic amines) is 1. The number of hydrogen-bond donors (Lipinski definition) is 1. The minimum absolute atomic E-state index is 0.0540. The highest BCUT2D eigenvalue weighted by molar-refractivity contribution is 5.96. The highest BCUT2D eigenvalue weighted by atomic mass is 16.4. The zero-order chi connectivity index (χ0) is 17.6. The molecule has 25 heavy (non-hydrogen) atoms. The summed E-state index contributed by atoms with van der Waals surface area (Å²) in [5.41, 5.74) is 1.28. The Hall–Kier alpha value is -2.63. The predicted molar refractivity (Wildman–Crippen MR) is 90.0 cm³/mol. The van der Waals surface area contributed by atoms with Crippen LogP contribution >= 0.6 is 0 Å². The monoisotopic (exact) mass is 340 g/mol. The van der Waals surface area contributed by atoms with Crippen LogP contribution < -0.4 is 0 Å². The molecule has 0 unspecified atom stereocenters. The highest BCUT2D eigenvalue weighted by Crippen LogP contribution is 2.43. The first-order valence-electron chi connectivity index (χ1n) is 8.63. The summed E-state index contributed by atoms with van der Waals surface area (Å²) in [6, 6.07) is 8.60. The lowest BCUT2D eigenvalue weighted by Gasteiger charge is -2.23. The predicted octanol–water partition coefficient (Wildman–Crippen LogP) is 2.98. The second kappa shape index (κ2) is 6.02. The number of oxazole rings is 1. The molecule has 1 aromatic heterocycles. The van der Waals surface area contributed by atoms with Crippen molar-refractivity contribution >= 4 is 11.9 Å². The van der Waals surface area contributed by atoms with Crippen molar-refractivity contribution in [3.8, 4) is 11.5 Å². The molecule has 1 aromatic carbocycles. The van der Waals surface area contributed by atoms with E-state index < -0.39 is 12.0 Å². The minimum Gasteiger partial charge on any atom is -0.480 e. The first-order valence-corrected chi connectivity index (χ1v) is 8.63. The van der Waals surface area contributed by atoms with Crippen molar-refractivity contribution < 1.29 is 19.1 Å². The molecule has 1 N–H and O–H groups in total. The third-order valence-corrected chi connectivity index (χ3v) is 5.42. The normalized spacial score (nSPS) is 25.2. The van der Waals surface area contributed by atoms with Gasteiger partial charge in [-0.25, -0.2) is 9.78 Å². The maximum absolute atomic E-state index is 13.0. The number of carbonyl (C=O) groups excluding carboxylic acids is 1. The number of nitrogens with zero attached hydrogens (tertiary/aromatic N) is 2. The van der Waals surface area contributed by atoms with E-state index in [2.05, 4.69) is 4.98 Å². The van der Waals surface area contributed by atoms with E-state index in [1.165, 1.54) is 4.90 Å². The summed E-state index contributed by atoms with van der Waals surface area (Å²) < 4.78 is 5.73. The van der Waals surface area contributed by atoms with Crippen molar-refractivity contribution in [3.05, 3.63) is 41.8 Å². The van der Waals surface area contributed by atoms with Crippen LogP contribution in [0.4, 0.5) is 0 Å². The van der Waals surface area contributed by atoms with Crippen LogP contribution in [0.15, 0.2) is 34.7 Å². The summed E-state index contributed by atoms with van der Waals surface area (Å²) in [7, 11) is 0. The molecule has 4 rings (SSSR count). The third kappa shape index (κ3) is 2.62. The van der Waals surface area contributed by atoms with Gasteiger partial charge in [-0.3, -0.25) is 4.79 Å². The van der Waals surface area contributed by atoms with Gasteiger partial charge >= 0.3 is 5.97 Å². The summed E-state index contributed by atoms with van der Waals surface area (Å²) in [6.45, 7) is 2.21. The van der Waals surface area contributed by atoms with E-state index in [9.17, 15) is 14.7 Å². The Balaban J connectivity index is 1.65. The fraction of sp³-hybridized carbons (Fsp3) is 0.421. The van der Waals surface area contributed by atoms with Gasteiger partial charge in [0.25, 0.3) is 5.91 Å². The molecule has 6 heteroatoms. The number of aliphatic carboxylic acids is 1. The van der Waals surface area contributed by atoms with Crippen LogP contribution in [0.1, 0.15) is 35.5 Å². The molecule has 2 aromatic rings. The molecule has 3 atom stereocenters. The number of benzene rings is 1. The molecule has 2 aliphatic rings. The van der Waals surface area contributed by atoms with Crippen LogP contribution in [0, 0.1) is 18.8 Å². The van der Waals surface area contributed by atoms with Gasteiger partial charge in [-0.05, 0) is 43.7 Å². The van der Waals surface area contributed by atoms with Gasteiger partial charge in [0.15, 0.2) is 0 Å². The summed E-state index contributed by atoms with van der Waals surface area (Å²) in [5.74, 6) is -0.435. The lowest BCUT2D eigenvalue weighted by molar-refractivity contribution is -0.142. The third-order valence-electron chi connectivity index (χ3n) is 5.42. The van der Waals surface area contributed by atoms with E-state index in [0.717, 1.165) is 24.8 Å². The fourth-order valence-electron chi connectivity index (χ4n) is 4.26. The number of carbonyl (C=O) groups is 2. The molecule has 1 saturated heterocycles. The maximum Gasteiger partial charge on any atom is 0.326 e. The summed E-state index contributed by atoms with van der Waals surface area (Å²) in [6.07, 6.45) is 2.90. The standard InChI is InChI=1S/C19H20N2O4/c1-11-16(25-17(20-11)12-6-3-2-4-7-12)18(22)21-10-13-8-5-9-14(13)15(21)19(23)24/h2-4,6-7,13-15H,5,8-10H2,1H3,(H,23,24)/t13-,14-,15+/m0/s1. The summed E-state index contributed by atoms with van der Waals surface area (Å²) >= 11 is 0. The molecule has 2 fully saturated rings.